The Morgan fingerprint density at radius 1 is 0.960 bits per heavy atom. The number of pyridine rings is 2. The highest BCUT2D eigenvalue weighted by atomic mass is 16.5. The van der Waals surface area contributed by atoms with Gasteiger partial charge in [0.2, 0.25) is 0 Å². The molecule has 3 aromatic heterocycles. The first-order valence-corrected chi connectivity index (χ1v) is 8.08. The molecule has 25 heavy (non-hydrogen) atoms. The van der Waals surface area contributed by atoms with Crippen molar-refractivity contribution in [3.63, 3.8) is 0 Å². The lowest BCUT2D eigenvalue weighted by atomic mass is 10.2. The van der Waals surface area contributed by atoms with Crippen molar-refractivity contribution in [3.8, 4) is 11.8 Å². The van der Waals surface area contributed by atoms with Crippen molar-refractivity contribution in [1.82, 2.24) is 19.5 Å². The van der Waals surface area contributed by atoms with Gasteiger partial charge in [0, 0.05) is 18.1 Å². The van der Waals surface area contributed by atoms with Crippen LogP contribution in [-0.4, -0.2) is 32.7 Å². The minimum atomic E-state index is 0.380. The van der Waals surface area contributed by atoms with Crippen LogP contribution in [0.3, 0.4) is 0 Å². The molecule has 0 atom stereocenters. The van der Waals surface area contributed by atoms with E-state index in [1.165, 1.54) is 0 Å². The number of rotatable bonds is 4. The molecule has 4 aromatic rings. The van der Waals surface area contributed by atoms with E-state index in [-0.39, 0.29) is 0 Å². The Hall–Kier alpha value is -3.23. The summed E-state index contributed by atoms with van der Waals surface area (Å²) < 4.78 is 7.73. The van der Waals surface area contributed by atoms with Crippen LogP contribution < -0.4 is 0 Å². The van der Waals surface area contributed by atoms with Crippen LogP contribution in [0.2, 0.25) is 0 Å². The van der Waals surface area contributed by atoms with Gasteiger partial charge >= 0.3 is 0 Å². The Morgan fingerprint density at radius 2 is 1.88 bits per heavy atom. The molecule has 1 aromatic carbocycles. The highest BCUT2D eigenvalue weighted by Crippen LogP contribution is 2.22. The van der Waals surface area contributed by atoms with E-state index in [1.54, 1.807) is 6.20 Å². The highest BCUT2D eigenvalue weighted by molar-refractivity contribution is 6.01. The lowest BCUT2D eigenvalue weighted by molar-refractivity contribution is 0.158. The van der Waals surface area contributed by atoms with Crippen LogP contribution in [0.1, 0.15) is 5.69 Å². The number of hydrogen-bond donors (Lipinski definition) is 0. The molecule has 0 saturated carbocycles. The highest BCUT2D eigenvalue weighted by Gasteiger charge is 2.07. The molecule has 0 unspecified atom stereocenters. The fraction of sp³-hybridized carbons (Fsp3) is 0.150. The Bertz CT molecular complexity index is 1060. The molecule has 5 heteroatoms. The van der Waals surface area contributed by atoms with E-state index in [4.69, 9.17) is 4.74 Å². The number of benzene rings is 1. The molecule has 0 saturated heterocycles. The quantitative estimate of drug-likeness (QED) is 0.427. The zero-order valence-corrected chi connectivity index (χ0v) is 13.6. The summed E-state index contributed by atoms with van der Waals surface area (Å²) in [6.45, 7) is 1.67. The largest absolute Gasteiger partial charge is 0.367 e. The molecule has 5 nitrogen and oxygen atoms in total. The summed E-state index contributed by atoms with van der Waals surface area (Å²) in [5, 5.41) is 1.10. The third-order valence-corrected chi connectivity index (χ3v) is 3.88. The number of nitrogens with zero attached hydrogens (tertiary/aromatic N) is 4. The smallest absolute Gasteiger partial charge is 0.113 e. The maximum absolute atomic E-state index is 5.62. The van der Waals surface area contributed by atoms with E-state index in [0.29, 0.717) is 13.2 Å². The molecule has 4 rings (SSSR count). The Balaban J connectivity index is 1.42. The number of fused-ring (bicyclic) bond motifs is 3. The summed E-state index contributed by atoms with van der Waals surface area (Å²) in [6.07, 6.45) is 5.38. The zero-order chi connectivity index (χ0) is 16.9. The first-order valence-electron chi connectivity index (χ1n) is 8.08. The van der Waals surface area contributed by atoms with E-state index in [2.05, 4.69) is 37.4 Å². The summed E-state index contributed by atoms with van der Waals surface area (Å²) in [6, 6.07) is 13.8. The van der Waals surface area contributed by atoms with Gasteiger partial charge in [0.1, 0.15) is 17.8 Å². The fourth-order valence-electron chi connectivity index (χ4n) is 2.72. The van der Waals surface area contributed by atoms with Crippen LogP contribution >= 0.6 is 0 Å². The average molecular weight is 328 g/mol. The fourth-order valence-corrected chi connectivity index (χ4v) is 2.72. The van der Waals surface area contributed by atoms with Crippen LogP contribution in [-0.2, 0) is 11.3 Å². The molecule has 122 valence electrons. The molecule has 0 N–H and O–H groups in total. The van der Waals surface area contributed by atoms with Gasteiger partial charge in [-0.3, -0.25) is 4.98 Å². The van der Waals surface area contributed by atoms with Gasteiger partial charge in [0.25, 0.3) is 0 Å². The number of imidazole rings is 1. The molecule has 0 aliphatic carbocycles. The average Bonchev–Trinajstić information content (AvgIpc) is 3.09. The number of ether oxygens (including phenoxy) is 1. The Kier molecular flexibility index (Phi) is 4.36. The minimum absolute atomic E-state index is 0.380. The third-order valence-electron chi connectivity index (χ3n) is 3.88. The van der Waals surface area contributed by atoms with Gasteiger partial charge in [-0.1, -0.05) is 30.2 Å². The maximum atomic E-state index is 5.62. The van der Waals surface area contributed by atoms with Crippen LogP contribution in [0.15, 0.2) is 61.2 Å². The second kappa shape index (κ2) is 7.12. The van der Waals surface area contributed by atoms with E-state index < -0.39 is 0 Å². The first-order chi connectivity index (χ1) is 12.4. The molecule has 0 aliphatic rings. The van der Waals surface area contributed by atoms with Gasteiger partial charge in [-0.15, -0.1) is 0 Å². The van der Waals surface area contributed by atoms with Crippen LogP contribution in [0.25, 0.3) is 21.9 Å². The molecule has 0 bridgehead atoms. The molecule has 0 aliphatic heterocycles. The SMILES string of the molecule is C(#Cc1ccccn1)COCCn1cnc2cnc3ccccc3c21. The van der Waals surface area contributed by atoms with Crippen LogP contribution in [0.5, 0.6) is 0 Å². The predicted molar refractivity (Wildman–Crippen MR) is 97.0 cm³/mol. The molecule has 0 radical (unpaired) electrons. The van der Waals surface area contributed by atoms with Crippen molar-refractivity contribution in [3.05, 3.63) is 66.9 Å². The molecular weight excluding hydrogens is 312 g/mol. The van der Waals surface area contributed by atoms with Gasteiger partial charge in [0.15, 0.2) is 0 Å². The van der Waals surface area contributed by atoms with Gasteiger partial charge < -0.3 is 9.30 Å². The van der Waals surface area contributed by atoms with Gasteiger partial charge in [-0.2, -0.15) is 0 Å². The molecule has 3 heterocycles. The lowest BCUT2D eigenvalue weighted by Crippen LogP contribution is -2.05. The van der Waals surface area contributed by atoms with Crippen molar-refractivity contribution in [1.29, 1.82) is 0 Å². The van der Waals surface area contributed by atoms with E-state index >= 15 is 0 Å². The molecule has 0 fully saturated rings. The maximum Gasteiger partial charge on any atom is 0.113 e. The minimum Gasteiger partial charge on any atom is -0.367 e. The van der Waals surface area contributed by atoms with Crippen molar-refractivity contribution >= 4 is 21.9 Å². The van der Waals surface area contributed by atoms with Crippen molar-refractivity contribution in [2.45, 2.75) is 6.54 Å². The van der Waals surface area contributed by atoms with Crippen molar-refractivity contribution in [2.24, 2.45) is 0 Å². The van der Waals surface area contributed by atoms with E-state index in [9.17, 15) is 0 Å². The number of hydrogen-bond acceptors (Lipinski definition) is 4. The zero-order valence-electron chi connectivity index (χ0n) is 13.6. The molecule has 0 amide bonds. The monoisotopic (exact) mass is 328 g/mol. The molecular formula is C20H16N4O. The predicted octanol–water partition coefficient (Wildman–Crippen LogP) is 3.05. The van der Waals surface area contributed by atoms with Crippen molar-refractivity contribution < 1.29 is 4.74 Å². The normalized spacial score (nSPS) is 10.7. The summed E-state index contributed by atoms with van der Waals surface area (Å²) in [7, 11) is 0. The summed E-state index contributed by atoms with van der Waals surface area (Å²) >= 11 is 0. The van der Waals surface area contributed by atoms with Crippen molar-refractivity contribution in [2.75, 3.05) is 13.2 Å². The molecule has 0 spiro atoms. The summed E-state index contributed by atoms with van der Waals surface area (Å²) in [5.41, 5.74) is 3.71. The van der Waals surface area contributed by atoms with Gasteiger partial charge in [-0.05, 0) is 24.1 Å². The lowest BCUT2D eigenvalue weighted by Gasteiger charge is -2.06. The first kappa shape index (κ1) is 15.3. The topological polar surface area (TPSA) is 52.8 Å². The summed E-state index contributed by atoms with van der Waals surface area (Å²) in [5.74, 6) is 5.96. The Morgan fingerprint density at radius 3 is 2.80 bits per heavy atom. The third kappa shape index (κ3) is 3.35. The van der Waals surface area contributed by atoms with Crippen LogP contribution in [0, 0.1) is 11.8 Å². The van der Waals surface area contributed by atoms with E-state index in [0.717, 1.165) is 34.2 Å². The van der Waals surface area contributed by atoms with Crippen LogP contribution in [0.4, 0.5) is 0 Å². The van der Waals surface area contributed by atoms with Gasteiger partial charge in [0.05, 0.1) is 30.2 Å². The van der Waals surface area contributed by atoms with E-state index in [1.807, 2.05) is 48.9 Å². The number of aromatic nitrogens is 4. The Labute approximate surface area is 145 Å². The summed E-state index contributed by atoms with van der Waals surface area (Å²) in [4.78, 5) is 13.0. The second-order valence-corrected chi connectivity index (χ2v) is 5.52. The van der Waals surface area contributed by atoms with Gasteiger partial charge in [-0.25, -0.2) is 9.97 Å². The standard InChI is InChI=1S/C20H16N4O/c1-2-9-18-17(8-1)20-19(14-22-18)23-15-24(20)11-13-25-12-5-7-16-6-3-4-10-21-16/h1-4,6,8-10,14-15H,11-13H2. The number of para-hydroxylation sites is 1. The second-order valence-electron chi connectivity index (χ2n) is 5.52.